The minimum atomic E-state index is -0.362. The van der Waals surface area contributed by atoms with Crippen molar-refractivity contribution >= 4 is 34.6 Å². The Morgan fingerprint density at radius 3 is 2.54 bits per heavy atom. The third-order valence-corrected chi connectivity index (χ3v) is 5.62. The Hall–Kier alpha value is -1.95. The Balaban J connectivity index is 1.92. The van der Waals surface area contributed by atoms with Gasteiger partial charge in [-0.25, -0.2) is 4.79 Å². The molecule has 1 aromatic heterocycles. The van der Waals surface area contributed by atoms with Gasteiger partial charge >= 0.3 is 11.9 Å². The zero-order valence-corrected chi connectivity index (χ0v) is 16.7. The van der Waals surface area contributed by atoms with Gasteiger partial charge < -0.3 is 14.0 Å². The zero-order valence-electron chi connectivity index (χ0n) is 15.9. The van der Waals surface area contributed by atoms with Gasteiger partial charge in [0.15, 0.2) is 0 Å². The van der Waals surface area contributed by atoms with E-state index in [1.54, 1.807) is 23.9 Å². The lowest BCUT2D eigenvalue weighted by molar-refractivity contribution is -0.131. The second kappa shape index (κ2) is 6.99. The van der Waals surface area contributed by atoms with Gasteiger partial charge in [-0.3, -0.25) is 4.79 Å². The lowest BCUT2D eigenvalue weighted by Crippen LogP contribution is -2.16. The van der Waals surface area contributed by atoms with Crippen molar-refractivity contribution in [3.63, 3.8) is 0 Å². The van der Waals surface area contributed by atoms with Crippen LogP contribution in [0.3, 0.4) is 0 Å². The first-order valence-electron chi connectivity index (χ1n) is 8.79. The maximum absolute atomic E-state index is 12.3. The number of methoxy groups -OCH3 is 1. The fourth-order valence-electron chi connectivity index (χ4n) is 3.08. The maximum atomic E-state index is 12.3. The van der Waals surface area contributed by atoms with Gasteiger partial charge in [0.2, 0.25) is 0 Å². The molecule has 1 aliphatic carbocycles. The lowest BCUT2D eigenvalue weighted by atomic mass is 10.1. The Morgan fingerprint density at radius 1 is 1.27 bits per heavy atom. The highest BCUT2D eigenvalue weighted by molar-refractivity contribution is 8.01. The molecule has 1 fully saturated rings. The molecule has 26 heavy (non-hydrogen) atoms. The molecule has 1 aromatic carbocycles. The van der Waals surface area contributed by atoms with Crippen molar-refractivity contribution in [2.24, 2.45) is 0 Å². The van der Waals surface area contributed by atoms with Crippen molar-refractivity contribution in [1.29, 1.82) is 0 Å². The molecule has 6 heteroatoms. The molecule has 3 rings (SSSR count). The van der Waals surface area contributed by atoms with Crippen molar-refractivity contribution < 1.29 is 19.1 Å². The highest BCUT2D eigenvalue weighted by Gasteiger charge is 2.30. The molecular weight excluding hydrogens is 350 g/mol. The van der Waals surface area contributed by atoms with Crippen LogP contribution >= 0.6 is 11.8 Å². The maximum Gasteiger partial charge on any atom is 0.340 e. The number of benzene rings is 1. The van der Waals surface area contributed by atoms with Crippen molar-refractivity contribution in [2.75, 3.05) is 12.9 Å². The van der Waals surface area contributed by atoms with E-state index in [-0.39, 0.29) is 22.4 Å². The number of esters is 2. The van der Waals surface area contributed by atoms with Crippen LogP contribution in [0.4, 0.5) is 0 Å². The number of carbonyl (C=O) groups is 2. The van der Waals surface area contributed by atoms with E-state index in [1.165, 1.54) is 7.11 Å². The molecule has 5 nitrogen and oxygen atoms in total. The number of nitrogens with zero attached hydrogens (tertiary/aromatic N) is 1. The second-order valence-electron chi connectivity index (χ2n) is 7.61. The number of hydrogen-bond donors (Lipinski definition) is 0. The summed E-state index contributed by atoms with van der Waals surface area (Å²) in [5.41, 5.74) is 2.44. The molecule has 0 aliphatic heterocycles. The fourth-order valence-corrected chi connectivity index (χ4v) is 3.69. The number of carbonyl (C=O) groups excluding carboxylic acids is 2. The molecule has 2 aromatic rings. The number of fused-ring (bicyclic) bond motifs is 1. The summed E-state index contributed by atoms with van der Waals surface area (Å²) in [7, 11) is 1.38. The summed E-state index contributed by atoms with van der Waals surface area (Å²) in [6, 6.07) is 5.92. The minimum Gasteiger partial charge on any atom is -0.465 e. The second-order valence-corrected chi connectivity index (χ2v) is 9.41. The molecule has 0 amide bonds. The van der Waals surface area contributed by atoms with E-state index in [4.69, 9.17) is 9.47 Å². The molecule has 0 radical (unpaired) electrons. The monoisotopic (exact) mass is 375 g/mol. The predicted octanol–water partition coefficient (Wildman–Crippen LogP) is 4.51. The predicted molar refractivity (Wildman–Crippen MR) is 104 cm³/mol. The van der Waals surface area contributed by atoms with Gasteiger partial charge in [0.1, 0.15) is 5.75 Å². The summed E-state index contributed by atoms with van der Waals surface area (Å²) in [5.74, 6) is 0.0871. The fraction of sp³-hybridized carbons (Fsp3) is 0.500. The van der Waals surface area contributed by atoms with Gasteiger partial charge in [-0.2, -0.15) is 0 Å². The van der Waals surface area contributed by atoms with E-state index in [1.807, 2.05) is 13.0 Å². The van der Waals surface area contributed by atoms with Crippen LogP contribution in [0.1, 0.15) is 55.7 Å². The summed E-state index contributed by atoms with van der Waals surface area (Å²) in [6.45, 7) is 8.12. The number of rotatable bonds is 5. The van der Waals surface area contributed by atoms with Crippen LogP contribution in [0, 0.1) is 6.92 Å². The Bertz CT molecular complexity index is 859. The van der Waals surface area contributed by atoms with E-state index in [2.05, 4.69) is 25.3 Å². The van der Waals surface area contributed by atoms with Crippen LogP contribution < -0.4 is 4.74 Å². The highest BCUT2D eigenvalue weighted by Crippen LogP contribution is 2.42. The van der Waals surface area contributed by atoms with Gasteiger partial charge in [0.25, 0.3) is 0 Å². The van der Waals surface area contributed by atoms with E-state index < -0.39 is 0 Å². The number of hydrogen-bond acceptors (Lipinski definition) is 5. The zero-order chi connectivity index (χ0) is 19.1. The molecule has 0 bridgehead atoms. The number of thioether (sulfide) groups is 1. The molecule has 0 N–H and O–H groups in total. The van der Waals surface area contributed by atoms with Crippen LogP contribution in [0.25, 0.3) is 10.9 Å². The molecule has 1 saturated carbocycles. The van der Waals surface area contributed by atoms with Crippen LogP contribution in [-0.4, -0.2) is 34.1 Å². The van der Waals surface area contributed by atoms with Crippen molar-refractivity contribution in [3.05, 3.63) is 29.5 Å². The van der Waals surface area contributed by atoms with E-state index in [9.17, 15) is 9.59 Å². The van der Waals surface area contributed by atoms with Crippen LogP contribution in [0.2, 0.25) is 0 Å². The molecule has 0 unspecified atom stereocenters. The number of aromatic nitrogens is 1. The molecule has 0 atom stereocenters. The van der Waals surface area contributed by atoms with Gasteiger partial charge in [-0.15, -0.1) is 11.8 Å². The first kappa shape index (κ1) is 18.8. The molecule has 0 saturated heterocycles. The summed E-state index contributed by atoms with van der Waals surface area (Å²) >= 11 is 1.54. The first-order valence-corrected chi connectivity index (χ1v) is 9.77. The van der Waals surface area contributed by atoms with Gasteiger partial charge in [0, 0.05) is 27.4 Å². The molecular formula is C20H25NO4S. The largest absolute Gasteiger partial charge is 0.465 e. The number of ether oxygens (including phenoxy) is 2. The topological polar surface area (TPSA) is 57.5 Å². The summed E-state index contributed by atoms with van der Waals surface area (Å²) in [5, 5.41) is 0.773. The summed E-state index contributed by atoms with van der Waals surface area (Å²) in [6.07, 6.45) is 2.23. The van der Waals surface area contributed by atoms with E-state index in [0.29, 0.717) is 17.4 Å². The van der Waals surface area contributed by atoms with E-state index in [0.717, 1.165) is 29.4 Å². The third kappa shape index (κ3) is 3.90. The van der Waals surface area contributed by atoms with Gasteiger partial charge in [-0.05, 0) is 38.0 Å². The van der Waals surface area contributed by atoms with Crippen molar-refractivity contribution in [2.45, 2.75) is 51.3 Å². The lowest BCUT2D eigenvalue weighted by Gasteiger charge is -2.16. The standard InChI is InChI=1S/C20H25NO4S/c1-12-18(19(23)24-5)15-10-14(25-17(22)11-26-20(2,3)4)8-9-16(15)21(12)13-6-7-13/h8-10,13H,6-7,11H2,1-5H3. The molecule has 140 valence electrons. The Labute approximate surface area is 158 Å². The van der Waals surface area contributed by atoms with E-state index >= 15 is 0 Å². The molecule has 1 aliphatic rings. The summed E-state index contributed by atoms with van der Waals surface area (Å²) in [4.78, 5) is 24.4. The van der Waals surface area contributed by atoms with Crippen LogP contribution in [0.15, 0.2) is 18.2 Å². The Kier molecular flexibility index (Phi) is 5.06. The first-order chi connectivity index (χ1) is 12.2. The SMILES string of the molecule is COC(=O)c1c(C)n(C2CC2)c2ccc(OC(=O)CSC(C)(C)C)cc12. The quantitative estimate of drug-likeness (QED) is 0.568. The normalized spacial score (nSPS) is 14.5. The smallest absolute Gasteiger partial charge is 0.340 e. The van der Waals surface area contributed by atoms with Gasteiger partial charge in [-0.1, -0.05) is 20.8 Å². The highest BCUT2D eigenvalue weighted by atomic mass is 32.2. The summed E-state index contributed by atoms with van der Waals surface area (Å²) < 4.78 is 12.7. The van der Waals surface area contributed by atoms with Crippen molar-refractivity contribution in [3.8, 4) is 5.75 Å². The van der Waals surface area contributed by atoms with Crippen LogP contribution in [0.5, 0.6) is 5.75 Å². The molecule has 0 spiro atoms. The minimum absolute atomic E-state index is 0.000373. The third-order valence-electron chi connectivity index (χ3n) is 4.38. The van der Waals surface area contributed by atoms with Crippen molar-refractivity contribution in [1.82, 2.24) is 4.57 Å². The van der Waals surface area contributed by atoms with Crippen LogP contribution in [-0.2, 0) is 9.53 Å². The average molecular weight is 375 g/mol. The van der Waals surface area contributed by atoms with Gasteiger partial charge in [0.05, 0.1) is 18.4 Å². The average Bonchev–Trinajstić information content (AvgIpc) is 3.35. The Morgan fingerprint density at radius 2 is 1.96 bits per heavy atom. The molecule has 1 heterocycles.